The molecule has 1 aromatic heterocycles. The van der Waals surface area contributed by atoms with Crippen molar-refractivity contribution < 1.29 is 0 Å². The molecule has 1 aromatic carbocycles. The van der Waals surface area contributed by atoms with Gasteiger partial charge in [-0.3, -0.25) is 0 Å². The average molecular weight is 298 g/mol. The quantitative estimate of drug-likeness (QED) is 0.850. The molecule has 0 spiro atoms. The number of benzene rings is 1. The van der Waals surface area contributed by atoms with E-state index in [0.29, 0.717) is 11.8 Å². The average Bonchev–Trinajstić information content (AvgIpc) is 3.00. The number of aryl methyl sites for hydroxylation is 1. The summed E-state index contributed by atoms with van der Waals surface area (Å²) in [6.45, 7) is 5.89. The Morgan fingerprint density at radius 1 is 1.18 bits per heavy atom. The molecule has 0 radical (unpaired) electrons. The van der Waals surface area contributed by atoms with Crippen LogP contribution in [0.1, 0.15) is 49.4 Å². The summed E-state index contributed by atoms with van der Waals surface area (Å²) in [6, 6.07) is 10.8. The van der Waals surface area contributed by atoms with E-state index in [1.165, 1.54) is 44.5 Å². The molecule has 0 N–H and O–H groups in total. The second-order valence-corrected chi connectivity index (χ2v) is 6.52. The Kier molecular flexibility index (Phi) is 4.88. The summed E-state index contributed by atoms with van der Waals surface area (Å²) in [4.78, 5) is 2.60. The molecule has 22 heavy (non-hydrogen) atoms. The lowest BCUT2D eigenvalue weighted by molar-refractivity contribution is 0.202. The van der Waals surface area contributed by atoms with Crippen LogP contribution in [0.15, 0.2) is 36.7 Å². The number of rotatable bonds is 5. The lowest BCUT2D eigenvalue weighted by Crippen LogP contribution is -2.34. The van der Waals surface area contributed by atoms with Crippen LogP contribution in [0.2, 0.25) is 0 Å². The van der Waals surface area contributed by atoms with Gasteiger partial charge in [-0.2, -0.15) is 0 Å². The maximum Gasteiger partial charge on any atom is 0.135 e. The first-order chi connectivity index (χ1) is 10.7. The van der Waals surface area contributed by atoms with Gasteiger partial charge in [0.2, 0.25) is 0 Å². The SMILES string of the molecule is C[C@@H](CCN1CCC(c2nncn2C)CC1)c1ccccc1. The highest BCUT2D eigenvalue weighted by molar-refractivity contribution is 5.18. The minimum absolute atomic E-state index is 0.579. The number of hydrogen-bond acceptors (Lipinski definition) is 3. The van der Waals surface area contributed by atoms with Crippen molar-refractivity contribution in [2.24, 2.45) is 7.05 Å². The fourth-order valence-electron chi connectivity index (χ4n) is 3.40. The minimum atomic E-state index is 0.579. The van der Waals surface area contributed by atoms with Crippen molar-refractivity contribution in [2.45, 2.75) is 38.0 Å². The Balaban J connectivity index is 1.45. The highest BCUT2D eigenvalue weighted by Gasteiger charge is 2.23. The van der Waals surface area contributed by atoms with Gasteiger partial charge in [-0.1, -0.05) is 37.3 Å². The standard InChI is InChI=1S/C18H26N4/c1-15(16-6-4-3-5-7-16)8-11-22-12-9-17(10-13-22)18-20-19-14-21(18)2/h3-7,14-15,17H,8-13H2,1-2H3/t15-/m0/s1. The van der Waals surface area contributed by atoms with Crippen LogP contribution in [-0.2, 0) is 7.05 Å². The van der Waals surface area contributed by atoms with Crippen LogP contribution in [0.5, 0.6) is 0 Å². The summed E-state index contributed by atoms with van der Waals surface area (Å²) in [5, 5.41) is 8.28. The zero-order chi connectivity index (χ0) is 15.4. The van der Waals surface area contributed by atoms with E-state index >= 15 is 0 Å². The smallest absolute Gasteiger partial charge is 0.135 e. The third kappa shape index (κ3) is 3.55. The van der Waals surface area contributed by atoms with Crippen LogP contribution in [-0.4, -0.2) is 39.3 Å². The molecule has 1 aliphatic rings. The molecular weight excluding hydrogens is 272 g/mol. The van der Waals surface area contributed by atoms with Gasteiger partial charge in [0.25, 0.3) is 0 Å². The molecule has 4 heteroatoms. The molecule has 0 bridgehead atoms. The van der Waals surface area contributed by atoms with Gasteiger partial charge in [0.15, 0.2) is 0 Å². The molecule has 118 valence electrons. The van der Waals surface area contributed by atoms with Gasteiger partial charge in [-0.15, -0.1) is 10.2 Å². The molecule has 0 amide bonds. The highest BCUT2D eigenvalue weighted by atomic mass is 15.3. The van der Waals surface area contributed by atoms with E-state index in [1.807, 2.05) is 13.4 Å². The predicted molar refractivity (Wildman–Crippen MR) is 88.9 cm³/mol. The third-order valence-electron chi connectivity index (χ3n) is 4.95. The van der Waals surface area contributed by atoms with Gasteiger partial charge in [-0.05, 0) is 50.4 Å². The van der Waals surface area contributed by atoms with Gasteiger partial charge >= 0.3 is 0 Å². The lowest BCUT2D eigenvalue weighted by atomic mass is 9.94. The molecule has 2 aromatic rings. The van der Waals surface area contributed by atoms with Gasteiger partial charge in [0.1, 0.15) is 12.2 Å². The Morgan fingerprint density at radius 3 is 2.55 bits per heavy atom. The Morgan fingerprint density at radius 2 is 1.91 bits per heavy atom. The Bertz CT molecular complexity index is 570. The van der Waals surface area contributed by atoms with Crippen LogP contribution >= 0.6 is 0 Å². The van der Waals surface area contributed by atoms with E-state index in [0.717, 1.165) is 5.82 Å². The summed E-state index contributed by atoms with van der Waals surface area (Å²) in [5.74, 6) is 2.37. The largest absolute Gasteiger partial charge is 0.320 e. The molecular formula is C18H26N4. The first-order valence-electron chi connectivity index (χ1n) is 8.35. The zero-order valence-electron chi connectivity index (χ0n) is 13.7. The monoisotopic (exact) mass is 298 g/mol. The molecule has 4 nitrogen and oxygen atoms in total. The van der Waals surface area contributed by atoms with Gasteiger partial charge in [0, 0.05) is 13.0 Å². The normalized spacial score (nSPS) is 18.5. The molecule has 1 fully saturated rings. The van der Waals surface area contributed by atoms with Crippen molar-refractivity contribution >= 4 is 0 Å². The fourth-order valence-corrected chi connectivity index (χ4v) is 3.40. The maximum absolute atomic E-state index is 4.27. The van der Waals surface area contributed by atoms with E-state index in [9.17, 15) is 0 Å². The van der Waals surface area contributed by atoms with Crippen LogP contribution in [0, 0.1) is 0 Å². The molecule has 1 saturated heterocycles. The second kappa shape index (κ2) is 7.05. The topological polar surface area (TPSA) is 34.0 Å². The third-order valence-corrected chi connectivity index (χ3v) is 4.95. The van der Waals surface area contributed by atoms with Crippen molar-refractivity contribution in [1.82, 2.24) is 19.7 Å². The maximum atomic E-state index is 4.27. The van der Waals surface area contributed by atoms with E-state index in [4.69, 9.17) is 0 Å². The first-order valence-corrected chi connectivity index (χ1v) is 8.35. The highest BCUT2D eigenvalue weighted by Crippen LogP contribution is 2.27. The van der Waals surface area contributed by atoms with Gasteiger partial charge in [0.05, 0.1) is 0 Å². The van der Waals surface area contributed by atoms with Crippen LogP contribution in [0.3, 0.4) is 0 Å². The first kappa shape index (κ1) is 15.2. The zero-order valence-corrected chi connectivity index (χ0v) is 13.7. The molecule has 1 aliphatic heterocycles. The number of likely N-dealkylation sites (tertiary alicyclic amines) is 1. The lowest BCUT2D eigenvalue weighted by Gasteiger charge is -2.32. The summed E-state index contributed by atoms with van der Waals surface area (Å²) < 4.78 is 2.07. The van der Waals surface area contributed by atoms with E-state index < -0.39 is 0 Å². The fraction of sp³-hybridized carbons (Fsp3) is 0.556. The van der Waals surface area contributed by atoms with Crippen molar-refractivity contribution in [3.63, 3.8) is 0 Å². The molecule has 0 unspecified atom stereocenters. The van der Waals surface area contributed by atoms with Gasteiger partial charge < -0.3 is 9.47 Å². The summed E-state index contributed by atoms with van der Waals surface area (Å²) in [5.41, 5.74) is 1.46. The van der Waals surface area contributed by atoms with Crippen molar-refractivity contribution in [3.8, 4) is 0 Å². The minimum Gasteiger partial charge on any atom is -0.320 e. The van der Waals surface area contributed by atoms with Crippen LogP contribution in [0.4, 0.5) is 0 Å². The van der Waals surface area contributed by atoms with Gasteiger partial charge in [-0.25, -0.2) is 0 Å². The summed E-state index contributed by atoms with van der Waals surface area (Å²) in [7, 11) is 2.04. The molecule has 0 saturated carbocycles. The van der Waals surface area contributed by atoms with E-state index in [-0.39, 0.29) is 0 Å². The summed E-state index contributed by atoms with van der Waals surface area (Å²) in [6.07, 6.45) is 5.44. The van der Waals surface area contributed by atoms with Crippen LogP contribution in [0.25, 0.3) is 0 Å². The molecule has 2 heterocycles. The predicted octanol–water partition coefficient (Wildman–Crippen LogP) is 3.19. The van der Waals surface area contributed by atoms with Crippen molar-refractivity contribution in [2.75, 3.05) is 19.6 Å². The van der Waals surface area contributed by atoms with Crippen molar-refractivity contribution in [1.29, 1.82) is 0 Å². The second-order valence-electron chi connectivity index (χ2n) is 6.52. The number of hydrogen-bond donors (Lipinski definition) is 0. The molecule has 1 atom stereocenters. The van der Waals surface area contributed by atoms with E-state index in [1.54, 1.807) is 0 Å². The number of piperidine rings is 1. The van der Waals surface area contributed by atoms with Crippen molar-refractivity contribution in [3.05, 3.63) is 48.0 Å². The summed E-state index contributed by atoms with van der Waals surface area (Å²) >= 11 is 0. The van der Waals surface area contributed by atoms with Crippen LogP contribution < -0.4 is 0 Å². The number of aromatic nitrogens is 3. The number of nitrogens with zero attached hydrogens (tertiary/aromatic N) is 4. The molecule has 3 rings (SSSR count). The Labute approximate surface area is 133 Å². The molecule has 0 aliphatic carbocycles. The van der Waals surface area contributed by atoms with E-state index in [2.05, 4.69) is 56.9 Å². The Hall–Kier alpha value is -1.68.